The van der Waals surface area contributed by atoms with Crippen molar-refractivity contribution in [2.75, 3.05) is 11.9 Å². The normalized spacial score (nSPS) is 14.7. The van der Waals surface area contributed by atoms with Crippen molar-refractivity contribution in [3.8, 4) is 5.69 Å². The van der Waals surface area contributed by atoms with Crippen LogP contribution in [0.2, 0.25) is 10.0 Å². The average Bonchev–Trinajstić information content (AvgIpc) is 2.80. The minimum atomic E-state index is -0.379. The zero-order chi connectivity index (χ0) is 24.0. The third-order valence-corrected chi connectivity index (χ3v) is 6.77. The summed E-state index contributed by atoms with van der Waals surface area (Å²) in [7, 11) is 0. The van der Waals surface area contributed by atoms with E-state index >= 15 is 0 Å². The lowest BCUT2D eigenvalue weighted by molar-refractivity contribution is 0.435. The van der Waals surface area contributed by atoms with Gasteiger partial charge in [-0.05, 0) is 41.8 Å². The molecule has 0 amide bonds. The first-order chi connectivity index (χ1) is 16.3. The van der Waals surface area contributed by atoms with E-state index in [-0.39, 0.29) is 11.0 Å². The third-order valence-electron chi connectivity index (χ3n) is 6.16. The number of aryl methyl sites for hydroxylation is 1. The standard InChI is InChI=1S/C25H24Cl2N6O/c1-4-20-21-16(23(34)33(32-20)22-18(26)6-5-7-19(22)27)12-29-24(31-21)30-15-8-9-17-14(10-15)11-28-13-25(17,2)3/h5-10,12,28H,4,11,13H2,1-3H3,(H,29,30,31). The van der Waals surface area contributed by atoms with Gasteiger partial charge in [-0.15, -0.1) is 0 Å². The number of halogens is 2. The quantitative estimate of drug-likeness (QED) is 0.407. The lowest BCUT2D eigenvalue weighted by Crippen LogP contribution is -2.38. The molecule has 4 aromatic rings. The maximum atomic E-state index is 13.3. The van der Waals surface area contributed by atoms with Gasteiger partial charge in [0.2, 0.25) is 5.95 Å². The Bertz CT molecular complexity index is 1460. The van der Waals surface area contributed by atoms with E-state index in [1.165, 1.54) is 22.0 Å². The number of para-hydroxylation sites is 1. The van der Waals surface area contributed by atoms with Crippen LogP contribution in [0.1, 0.15) is 37.6 Å². The summed E-state index contributed by atoms with van der Waals surface area (Å²) in [5.41, 5.74) is 4.68. The van der Waals surface area contributed by atoms with Crippen LogP contribution in [-0.2, 0) is 18.4 Å². The number of rotatable bonds is 4. The van der Waals surface area contributed by atoms with Crippen molar-refractivity contribution < 1.29 is 0 Å². The highest BCUT2D eigenvalue weighted by atomic mass is 35.5. The maximum absolute atomic E-state index is 13.3. The van der Waals surface area contributed by atoms with E-state index in [0.717, 1.165) is 18.8 Å². The summed E-state index contributed by atoms with van der Waals surface area (Å²) < 4.78 is 1.24. The summed E-state index contributed by atoms with van der Waals surface area (Å²) >= 11 is 12.7. The summed E-state index contributed by atoms with van der Waals surface area (Å²) in [6, 6.07) is 11.4. The smallest absolute Gasteiger partial charge is 0.282 e. The fraction of sp³-hybridized carbons (Fsp3) is 0.280. The Kier molecular flexibility index (Phi) is 5.80. The van der Waals surface area contributed by atoms with Crippen LogP contribution in [0.5, 0.6) is 0 Å². The molecule has 0 bridgehead atoms. The first kappa shape index (κ1) is 22.8. The SMILES string of the molecule is CCc1nn(-c2c(Cl)cccc2Cl)c(=O)c2cnc(Nc3ccc4c(c3)CNCC4(C)C)nc12. The summed E-state index contributed by atoms with van der Waals surface area (Å²) in [5, 5.41) is 12.3. The fourth-order valence-electron chi connectivity index (χ4n) is 4.44. The summed E-state index contributed by atoms with van der Waals surface area (Å²) in [5.74, 6) is 0.403. The molecule has 3 heterocycles. The van der Waals surface area contributed by atoms with Gasteiger partial charge in [0.25, 0.3) is 5.56 Å². The summed E-state index contributed by atoms with van der Waals surface area (Å²) in [6.45, 7) is 8.20. The van der Waals surface area contributed by atoms with E-state index in [0.29, 0.717) is 44.7 Å². The van der Waals surface area contributed by atoms with Crippen LogP contribution in [0, 0.1) is 0 Å². The Morgan fingerprint density at radius 2 is 1.94 bits per heavy atom. The molecule has 34 heavy (non-hydrogen) atoms. The van der Waals surface area contributed by atoms with E-state index in [1.54, 1.807) is 18.2 Å². The van der Waals surface area contributed by atoms with Gasteiger partial charge in [-0.2, -0.15) is 9.78 Å². The molecule has 0 saturated heterocycles. The van der Waals surface area contributed by atoms with Crippen molar-refractivity contribution in [3.63, 3.8) is 0 Å². The molecule has 2 aromatic carbocycles. The molecule has 0 saturated carbocycles. The molecular formula is C25H24Cl2N6O. The predicted octanol–water partition coefficient (Wildman–Crippen LogP) is 5.17. The van der Waals surface area contributed by atoms with Crippen LogP contribution in [0.4, 0.5) is 11.6 Å². The zero-order valence-electron chi connectivity index (χ0n) is 19.1. The number of hydrogen-bond donors (Lipinski definition) is 2. The zero-order valence-corrected chi connectivity index (χ0v) is 20.6. The van der Waals surface area contributed by atoms with Crippen molar-refractivity contribution in [3.05, 3.63) is 79.8 Å². The highest BCUT2D eigenvalue weighted by molar-refractivity contribution is 6.37. The van der Waals surface area contributed by atoms with Crippen molar-refractivity contribution in [2.24, 2.45) is 0 Å². The second-order valence-electron chi connectivity index (χ2n) is 9.03. The van der Waals surface area contributed by atoms with Crippen LogP contribution in [0.3, 0.4) is 0 Å². The fourth-order valence-corrected chi connectivity index (χ4v) is 5.00. The first-order valence-electron chi connectivity index (χ1n) is 11.1. The number of fused-ring (bicyclic) bond motifs is 2. The van der Waals surface area contributed by atoms with Gasteiger partial charge in [0.1, 0.15) is 11.2 Å². The van der Waals surface area contributed by atoms with Crippen LogP contribution in [0.25, 0.3) is 16.6 Å². The van der Waals surface area contributed by atoms with Gasteiger partial charge in [0.15, 0.2) is 0 Å². The Balaban J connectivity index is 1.56. The number of benzene rings is 2. The number of nitrogens with zero attached hydrogens (tertiary/aromatic N) is 4. The van der Waals surface area contributed by atoms with Gasteiger partial charge in [-0.3, -0.25) is 4.79 Å². The van der Waals surface area contributed by atoms with Gasteiger partial charge in [0.05, 0.1) is 21.1 Å². The molecule has 7 nitrogen and oxygen atoms in total. The van der Waals surface area contributed by atoms with Crippen LogP contribution in [0.15, 0.2) is 47.4 Å². The number of hydrogen-bond acceptors (Lipinski definition) is 6. The van der Waals surface area contributed by atoms with Gasteiger partial charge in [-0.25, -0.2) is 9.97 Å². The van der Waals surface area contributed by atoms with Gasteiger partial charge >= 0.3 is 0 Å². The maximum Gasteiger partial charge on any atom is 0.282 e. The van der Waals surface area contributed by atoms with Crippen molar-refractivity contribution in [2.45, 2.75) is 39.2 Å². The molecule has 0 fully saturated rings. The second kappa shape index (κ2) is 8.65. The molecule has 5 rings (SSSR count). The molecule has 0 radical (unpaired) electrons. The average molecular weight is 495 g/mol. The Hall–Kier alpha value is -3.00. The van der Waals surface area contributed by atoms with Gasteiger partial charge in [-0.1, -0.05) is 56.1 Å². The molecule has 174 valence electrons. The van der Waals surface area contributed by atoms with E-state index in [4.69, 9.17) is 23.2 Å². The van der Waals surface area contributed by atoms with E-state index in [2.05, 4.69) is 51.7 Å². The Morgan fingerprint density at radius 3 is 2.68 bits per heavy atom. The van der Waals surface area contributed by atoms with Crippen LogP contribution >= 0.6 is 23.2 Å². The second-order valence-corrected chi connectivity index (χ2v) is 9.84. The first-order valence-corrected chi connectivity index (χ1v) is 11.9. The minimum Gasteiger partial charge on any atom is -0.324 e. The highest BCUT2D eigenvalue weighted by Crippen LogP contribution is 2.32. The molecule has 0 spiro atoms. The molecule has 0 atom stereocenters. The van der Waals surface area contributed by atoms with Crippen molar-refractivity contribution in [1.82, 2.24) is 25.1 Å². The Labute approximate surface area is 207 Å². The van der Waals surface area contributed by atoms with Crippen molar-refractivity contribution in [1.29, 1.82) is 0 Å². The van der Waals surface area contributed by atoms with E-state index < -0.39 is 0 Å². The molecular weight excluding hydrogens is 471 g/mol. The van der Waals surface area contributed by atoms with Crippen LogP contribution in [-0.4, -0.2) is 26.3 Å². The molecule has 0 aliphatic carbocycles. The minimum absolute atomic E-state index is 0.0811. The molecule has 1 aliphatic heterocycles. The van der Waals surface area contributed by atoms with Gasteiger partial charge in [0, 0.05) is 30.4 Å². The molecule has 1 aliphatic rings. The monoisotopic (exact) mass is 494 g/mol. The van der Waals surface area contributed by atoms with E-state index in [9.17, 15) is 4.79 Å². The van der Waals surface area contributed by atoms with Crippen molar-refractivity contribution >= 4 is 45.7 Å². The van der Waals surface area contributed by atoms with Gasteiger partial charge < -0.3 is 10.6 Å². The van der Waals surface area contributed by atoms with E-state index in [1.807, 2.05) is 13.0 Å². The molecule has 9 heteroatoms. The summed E-state index contributed by atoms with van der Waals surface area (Å²) in [4.78, 5) is 22.3. The number of anilines is 2. The molecule has 2 aromatic heterocycles. The largest absolute Gasteiger partial charge is 0.324 e. The Morgan fingerprint density at radius 1 is 1.18 bits per heavy atom. The highest BCUT2D eigenvalue weighted by Gasteiger charge is 2.27. The predicted molar refractivity (Wildman–Crippen MR) is 137 cm³/mol. The number of nitrogens with one attached hydrogen (secondary N) is 2. The topological polar surface area (TPSA) is 84.7 Å². The number of aromatic nitrogens is 4. The molecule has 0 unspecified atom stereocenters. The third kappa shape index (κ3) is 3.94. The summed E-state index contributed by atoms with van der Waals surface area (Å²) in [6.07, 6.45) is 2.09. The molecule has 2 N–H and O–H groups in total. The lowest BCUT2D eigenvalue weighted by Gasteiger charge is -2.33. The lowest BCUT2D eigenvalue weighted by atomic mass is 9.79. The van der Waals surface area contributed by atoms with Crippen LogP contribution < -0.4 is 16.2 Å².